The summed E-state index contributed by atoms with van der Waals surface area (Å²) in [5, 5.41) is 2.82. The Morgan fingerprint density at radius 1 is 0.892 bits per heavy atom. The third-order valence-electron chi connectivity index (χ3n) is 5.67. The van der Waals surface area contributed by atoms with Gasteiger partial charge >= 0.3 is 0 Å². The third kappa shape index (κ3) is 6.72. The number of carbonyl (C=O) groups excluding carboxylic acids is 1. The van der Waals surface area contributed by atoms with Crippen molar-refractivity contribution < 1.29 is 17.9 Å². The molecular formula is C29H28N2O4S2. The van der Waals surface area contributed by atoms with Crippen molar-refractivity contribution in [3.8, 4) is 5.75 Å². The molecule has 4 aromatic carbocycles. The van der Waals surface area contributed by atoms with Crippen molar-refractivity contribution in [2.45, 2.75) is 22.5 Å². The summed E-state index contributed by atoms with van der Waals surface area (Å²) in [6.07, 6.45) is 0. The maximum Gasteiger partial charge on any atom is 0.264 e. The summed E-state index contributed by atoms with van der Waals surface area (Å²) in [5.41, 5.74) is 2.81. The summed E-state index contributed by atoms with van der Waals surface area (Å²) >= 11 is 1.73. The first-order chi connectivity index (χ1) is 17.9. The maximum absolute atomic E-state index is 13.6. The molecule has 0 spiro atoms. The molecule has 0 bridgehead atoms. The normalized spacial score (nSPS) is 11.1. The Hall–Kier alpha value is -3.75. The molecule has 0 unspecified atom stereocenters. The number of nitrogens with zero attached hydrogens (tertiary/aromatic N) is 1. The number of ether oxygens (including phenoxy) is 1. The van der Waals surface area contributed by atoms with Crippen LogP contribution in [0, 0.1) is 6.92 Å². The minimum atomic E-state index is -4.02. The minimum absolute atomic E-state index is 0.0859. The Bertz CT molecular complexity index is 1440. The van der Waals surface area contributed by atoms with Crippen molar-refractivity contribution in [1.82, 2.24) is 0 Å². The number of amides is 1. The zero-order valence-corrected chi connectivity index (χ0v) is 22.3. The highest BCUT2D eigenvalue weighted by atomic mass is 32.2. The van der Waals surface area contributed by atoms with E-state index in [0.717, 1.165) is 15.6 Å². The van der Waals surface area contributed by atoms with Gasteiger partial charge in [0.2, 0.25) is 5.91 Å². The molecular weight excluding hydrogens is 504 g/mol. The molecule has 0 aliphatic carbocycles. The van der Waals surface area contributed by atoms with E-state index in [0.29, 0.717) is 22.7 Å². The van der Waals surface area contributed by atoms with E-state index in [1.54, 1.807) is 61.2 Å². The predicted octanol–water partition coefficient (Wildman–Crippen LogP) is 6.13. The quantitative estimate of drug-likeness (QED) is 0.249. The van der Waals surface area contributed by atoms with Gasteiger partial charge in [0, 0.05) is 16.3 Å². The second kappa shape index (κ2) is 12.0. The Morgan fingerprint density at radius 3 is 2.16 bits per heavy atom. The van der Waals surface area contributed by atoms with Gasteiger partial charge in [0.25, 0.3) is 10.0 Å². The summed E-state index contributed by atoms with van der Waals surface area (Å²) in [6.45, 7) is 1.41. The third-order valence-corrected chi connectivity index (χ3v) is 8.53. The van der Waals surface area contributed by atoms with Gasteiger partial charge in [-0.25, -0.2) is 8.42 Å². The first-order valence-electron chi connectivity index (χ1n) is 11.7. The summed E-state index contributed by atoms with van der Waals surface area (Å²) in [5.74, 6) is 0.956. The lowest BCUT2D eigenvalue weighted by atomic mass is 10.2. The highest BCUT2D eigenvalue weighted by Gasteiger charge is 2.27. The van der Waals surface area contributed by atoms with E-state index in [9.17, 15) is 13.2 Å². The largest absolute Gasteiger partial charge is 0.496 e. The Kier molecular flexibility index (Phi) is 8.53. The number of hydrogen-bond donors (Lipinski definition) is 1. The van der Waals surface area contributed by atoms with Gasteiger partial charge in [-0.2, -0.15) is 0 Å². The number of rotatable bonds is 10. The van der Waals surface area contributed by atoms with Crippen LogP contribution in [-0.4, -0.2) is 28.0 Å². The van der Waals surface area contributed by atoms with Gasteiger partial charge in [0.1, 0.15) is 12.3 Å². The van der Waals surface area contributed by atoms with Crippen molar-refractivity contribution in [3.05, 3.63) is 114 Å². The number of methoxy groups -OCH3 is 1. The van der Waals surface area contributed by atoms with Crippen LogP contribution in [0.15, 0.2) is 113 Å². The van der Waals surface area contributed by atoms with E-state index in [4.69, 9.17) is 4.74 Å². The van der Waals surface area contributed by atoms with Crippen molar-refractivity contribution in [3.63, 3.8) is 0 Å². The Morgan fingerprint density at radius 2 is 1.54 bits per heavy atom. The molecule has 0 saturated carbocycles. The molecule has 1 amide bonds. The second-order valence-corrected chi connectivity index (χ2v) is 11.2. The van der Waals surface area contributed by atoms with E-state index in [1.807, 2.05) is 42.5 Å². The SMILES string of the molecule is COc1ccc(S(=O)(=O)N(CC(=O)Nc2ccc(CSc3ccccc3)cc2)c2ccccc2)cc1C. The molecule has 0 atom stereocenters. The Balaban J connectivity index is 1.48. The van der Waals surface area contributed by atoms with E-state index >= 15 is 0 Å². The van der Waals surface area contributed by atoms with Gasteiger partial charge in [-0.1, -0.05) is 48.5 Å². The maximum atomic E-state index is 13.6. The predicted molar refractivity (Wildman–Crippen MR) is 150 cm³/mol. The van der Waals surface area contributed by atoms with Gasteiger partial charge in [0.15, 0.2) is 0 Å². The van der Waals surface area contributed by atoms with Crippen molar-refractivity contribution in [2.75, 3.05) is 23.3 Å². The monoisotopic (exact) mass is 532 g/mol. The first-order valence-corrected chi connectivity index (χ1v) is 14.1. The summed E-state index contributed by atoms with van der Waals surface area (Å²) in [4.78, 5) is 14.3. The highest BCUT2D eigenvalue weighted by Crippen LogP contribution is 2.28. The minimum Gasteiger partial charge on any atom is -0.496 e. The fourth-order valence-corrected chi connectivity index (χ4v) is 6.13. The molecule has 0 radical (unpaired) electrons. The first kappa shape index (κ1) is 26.3. The number of hydrogen-bond acceptors (Lipinski definition) is 5. The average Bonchev–Trinajstić information content (AvgIpc) is 2.92. The number of anilines is 2. The van der Waals surface area contributed by atoms with Crippen LogP contribution >= 0.6 is 11.8 Å². The molecule has 37 heavy (non-hydrogen) atoms. The lowest BCUT2D eigenvalue weighted by Gasteiger charge is -2.24. The van der Waals surface area contributed by atoms with E-state index < -0.39 is 15.9 Å². The van der Waals surface area contributed by atoms with Crippen LogP contribution in [0.25, 0.3) is 0 Å². The van der Waals surface area contributed by atoms with E-state index in [1.165, 1.54) is 18.1 Å². The van der Waals surface area contributed by atoms with Crippen molar-refractivity contribution in [2.24, 2.45) is 0 Å². The molecule has 4 rings (SSSR count). The molecule has 0 saturated heterocycles. The number of thioether (sulfide) groups is 1. The molecule has 1 N–H and O–H groups in total. The molecule has 4 aromatic rings. The van der Waals surface area contributed by atoms with Gasteiger partial charge in [-0.05, 0) is 72.6 Å². The fraction of sp³-hybridized carbons (Fsp3) is 0.138. The number of benzene rings is 4. The van der Waals surface area contributed by atoms with Crippen LogP contribution in [0.3, 0.4) is 0 Å². The van der Waals surface area contributed by atoms with Crippen molar-refractivity contribution >= 4 is 39.1 Å². The Labute approximate surface area is 222 Å². The van der Waals surface area contributed by atoms with Crippen molar-refractivity contribution in [1.29, 1.82) is 0 Å². The van der Waals surface area contributed by atoms with Gasteiger partial charge in [-0.3, -0.25) is 9.10 Å². The molecule has 0 aliphatic heterocycles. The molecule has 190 valence electrons. The van der Waals surface area contributed by atoms with E-state index in [2.05, 4.69) is 17.4 Å². The van der Waals surface area contributed by atoms with Crippen LogP contribution in [-0.2, 0) is 20.6 Å². The van der Waals surface area contributed by atoms with Crippen LogP contribution in [0.5, 0.6) is 5.75 Å². The summed E-state index contributed by atoms with van der Waals surface area (Å²) in [6, 6.07) is 31.0. The zero-order chi connectivity index (χ0) is 26.3. The molecule has 8 heteroatoms. The zero-order valence-electron chi connectivity index (χ0n) is 20.6. The number of sulfonamides is 1. The standard InChI is InChI=1S/C29H28N2O4S2/c1-22-19-27(17-18-28(22)35-2)37(33,34)31(25-9-5-3-6-10-25)20-29(32)30-24-15-13-23(14-16-24)21-36-26-11-7-4-8-12-26/h3-19H,20-21H2,1-2H3,(H,30,32). The molecule has 0 aromatic heterocycles. The number of aryl methyl sites for hydroxylation is 1. The average molecular weight is 533 g/mol. The van der Waals surface area contributed by atoms with Crippen LogP contribution in [0.2, 0.25) is 0 Å². The fourth-order valence-electron chi connectivity index (χ4n) is 3.75. The van der Waals surface area contributed by atoms with Gasteiger partial charge < -0.3 is 10.1 Å². The molecule has 0 heterocycles. The lowest BCUT2D eigenvalue weighted by Crippen LogP contribution is -2.38. The summed E-state index contributed by atoms with van der Waals surface area (Å²) in [7, 11) is -2.48. The number of carbonyl (C=O) groups is 1. The van der Waals surface area contributed by atoms with E-state index in [-0.39, 0.29) is 11.4 Å². The second-order valence-electron chi connectivity index (χ2n) is 8.33. The van der Waals surface area contributed by atoms with Crippen LogP contribution < -0.4 is 14.4 Å². The van der Waals surface area contributed by atoms with Gasteiger partial charge in [-0.15, -0.1) is 11.8 Å². The molecule has 0 aliphatic rings. The number of nitrogens with one attached hydrogen (secondary N) is 1. The topological polar surface area (TPSA) is 75.7 Å². The van der Waals surface area contributed by atoms with Crippen LogP contribution in [0.4, 0.5) is 11.4 Å². The molecule has 6 nitrogen and oxygen atoms in total. The van der Waals surface area contributed by atoms with Gasteiger partial charge in [0.05, 0.1) is 17.7 Å². The number of para-hydroxylation sites is 1. The highest BCUT2D eigenvalue weighted by molar-refractivity contribution is 7.98. The summed E-state index contributed by atoms with van der Waals surface area (Å²) < 4.78 is 33.6. The smallest absolute Gasteiger partial charge is 0.264 e. The van der Waals surface area contributed by atoms with Crippen LogP contribution in [0.1, 0.15) is 11.1 Å². The lowest BCUT2D eigenvalue weighted by molar-refractivity contribution is -0.114. The molecule has 0 fully saturated rings.